The summed E-state index contributed by atoms with van der Waals surface area (Å²) in [6.45, 7) is -3.43. The van der Waals surface area contributed by atoms with Crippen LogP contribution in [0.15, 0.2) is 0 Å². The first kappa shape index (κ1) is 91.1. The molecule has 0 aliphatic carbocycles. The van der Waals surface area contributed by atoms with E-state index in [1.165, 1.54) is 6.92 Å². The Bertz CT molecular complexity index is 2950. The number of aliphatic hydroxyl groups is 24. The van der Waals surface area contributed by atoms with Crippen molar-refractivity contribution >= 4 is 23.6 Å². The molecule has 9 aliphatic heterocycles. The van der Waals surface area contributed by atoms with E-state index in [1.807, 2.05) is 0 Å². The van der Waals surface area contributed by atoms with Gasteiger partial charge < -0.3 is 224 Å². The summed E-state index contributed by atoms with van der Waals surface area (Å²) in [5.41, 5.74) is 0. The lowest BCUT2D eigenvalue weighted by molar-refractivity contribution is -0.406. The molecule has 49 heteroatoms. The van der Waals surface area contributed by atoms with E-state index < -0.39 is 353 Å². The van der Waals surface area contributed by atoms with Crippen LogP contribution >= 0.6 is 0 Å². The second-order valence-corrected chi connectivity index (χ2v) is 28.2. The molecule has 9 heterocycles. The highest BCUT2D eigenvalue weighted by atomic mass is 16.8. The standard InChI is InChI=1S/C62H104N4O45/c1-14-31(76)41(86)45(90)58(98-14)96-12-25-50(39(84)27(54(94)99-25)63-15(2)72)107-57-30(66-18(5)75)40(85)49(23(10-71)104-57)108-61-48(93)52(110-62-53(44(89)35(80)22(9-70)103-62)111-56-29(65-17(4)74)38(83)33(78)20(7-68)101-56)51(109-55-28(64-16(3)73)37(82)32(77)19(6-67)100-55)26(106-61)13-97-60-47(92)43(88)36(81)24(105-60)11-95-59-46(91)42(87)34(79)21(8-69)102-59/h14,19-62,67-71,76-94H,6-13H2,1-5H3,(H,63,72)(H,64,73)(H,65,74)(H,66,75)/t14-,19+,20+,21+,22+,23+,24+,25+,26+,27+,28+,29+,30+,31+,32+,33+,34+,35+,36+,37+,38+,39+,40+,41+,42-,43-,44-,45-,46-,47-,48-,49+,50+,51+,52+,53-,54+,55-,56-,57-,58+,59-,60-,61-,62+/m0/s1. The van der Waals surface area contributed by atoms with Crippen LogP contribution in [0.5, 0.6) is 0 Å². The molecule has 0 aromatic rings. The molecule has 9 aliphatic rings. The number of nitrogens with one attached hydrogen (secondary N) is 4. The lowest BCUT2D eigenvalue weighted by Gasteiger charge is -2.52. The minimum Gasteiger partial charge on any atom is -0.394 e. The molecule has 0 unspecified atom stereocenters. The van der Waals surface area contributed by atoms with Crippen molar-refractivity contribution in [2.75, 3.05) is 52.9 Å². The summed E-state index contributed by atoms with van der Waals surface area (Å²) in [5, 5.41) is 276. The predicted octanol–water partition coefficient (Wildman–Crippen LogP) is -19.0. The van der Waals surface area contributed by atoms with E-state index >= 15 is 0 Å². The molecule has 9 saturated heterocycles. The highest BCUT2D eigenvalue weighted by Crippen LogP contribution is 2.40. The first-order chi connectivity index (χ1) is 52.4. The zero-order valence-corrected chi connectivity index (χ0v) is 59.9. The lowest BCUT2D eigenvalue weighted by atomic mass is 9.93. The van der Waals surface area contributed by atoms with Gasteiger partial charge in [-0.1, -0.05) is 0 Å². The van der Waals surface area contributed by atoms with Crippen molar-refractivity contribution in [3.05, 3.63) is 0 Å². The summed E-state index contributed by atoms with van der Waals surface area (Å²) < 4.78 is 102. The fourth-order valence-electron chi connectivity index (χ4n) is 14.2. The van der Waals surface area contributed by atoms with E-state index in [1.54, 1.807) is 0 Å². The summed E-state index contributed by atoms with van der Waals surface area (Å²) in [6.07, 6.45) is -84.8. The van der Waals surface area contributed by atoms with Crippen LogP contribution in [0.2, 0.25) is 0 Å². The molecule has 45 atom stereocenters. The van der Waals surface area contributed by atoms with Gasteiger partial charge in [-0.2, -0.15) is 0 Å². The molecular weight excluding hydrogens is 1520 g/mol. The average Bonchev–Trinajstić information content (AvgIpc) is 0.764. The van der Waals surface area contributed by atoms with E-state index in [9.17, 15) is 142 Å². The number of hydrogen-bond acceptors (Lipinski definition) is 45. The molecule has 9 fully saturated rings. The Labute approximate surface area is 629 Å². The smallest absolute Gasteiger partial charge is 0.217 e. The van der Waals surface area contributed by atoms with Gasteiger partial charge in [-0.15, -0.1) is 0 Å². The number of amides is 4. The molecule has 0 aromatic carbocycles. The number of rotatable bonds is 28. The number of carbonyl (C=O) groups excluding carboxylic acids is 4. The van der Waals surface area contributed by atoms with Crippen LogP contribution in [0, 0.1) is 0 Å². The molecule has 642 valence electrons. The van der Waals surface area contributed by atoms with Crippen LogP contribution in [-0.4, -0.2) is 475 Å². The molecule has 0 aromatic heterocycles. The fraction of sp³-hybridized carbons (Fsp3) is 0.935. The van der Waals surface area contributed by atoms with Crippen LogP contribution in [-0.2, 0) is 99.7 Å². The van der Waals surface area contributed by atoms with E-state index in [0.29, 0.717) is 0 Å². The minimum absolute atomic E-state index is 0.839. The van der Waals surface area contributed by atoms with Gasteiger partial charge in [0.15, 0.2) is 56.6 Å². The highest BCUT2D eigenvalue weighted by Gasteiger charge is 2.61. The van der Waals surface area contributed by atoms with Crippen molar-refractivity contribution < 1.29 is 222 Å². The molecule has 0 bridgehead atoms. The molecule has 0 saturated carbocycles. The van der Waals surface area contributed by atoms with Crippen molar-refractivity contribution in [3.8, 4) is 0 Å². The largest absolute Gasteiger partial charge is 0.394 e. The van der Waals surface area contributed by atoms with E-state index in [2.05, 4.69) is 21.3 Å². The average molecular weight is 1630 g/mol. The molecule has 28 N–H and O–H groups in total. The first-order valence-corrected chi connectivity index (χ1v) is 35.5. The van der Waals surface area contributed by atoms with Gasteiger partial charge in [0.1, 0.15) is 213 Å². The van der Waals surface area contributed by atoms with Gasteiger partial charge in [0, 0.05) is 27.7 Å². The third-order valence-corrected chi connectivity index (χ3v) is 20.3. The second kappa shape index (κ2) is 39.7. The monoisotopic (exact) mass is 1620 g/mol. The lowest BCUT2D eigenvalue weighted by Crippen LogP contribution is -2.71. The van der Waals surface area contributed by atoms with Gasteiger partial charge in [0.2, 0.25) is 23.6 Å². The Morgan fingerprint density at radius 3 is 1.01 bits per heavy atom. The summed E-state index contributed by atoms with van der Waals surface area (Å²) in [4.78, 5) is 51.3. The first-order valence-electron chi connectivity index (χ1n) is 35.5. The summed E-state index contributed by atoms with van der Waals surface area (Å²) in [5.74, 6) is -3.68. The second-order valence-electron chi connectivity index (χ2n) is 28.2. The van der Waals surface area contributed by atoms with Crippen LogP contribution in [0.1, 0.15) is 34.6 Å². The van der Waals surface area contributed by atoms with Crippen LogP contribution in [0.3, 0.4) is 0 Å². The molecule has 0 spiro atoms. The van der Waals surface area contributed by atoms with Gasteiger partial charge >= 0.3 is 0 Å². The number of hydrogen-bond donors (Lipinski definition) is 28. The van der Waals surface area contributed by atoms with Gasteiger partial charge in [-0.3, -0.25) is 19.2 Å². The maximum atomic E-state index is 13.3. The SMILES string of the molecule is CC(=O)N[C@@H]1[C@@H](O)[C@H](O[C@@H]2O[C@H](CO)[C@@H](O[C@@H]3O[C@H](CO[C@H]4O[C@H](CO[C@H]5O[C@H](CO)[C@@H](O)[C@H](O)[C@@H]5O)[C@@H](O)[C@H](O)[C@@H]4O)[C@@H](O[C@@H]4O[C@H](CO)[C@@H](O)[C@H](O)[C@H]4NC(C)=O)[C@H](O[C@H]4O[C@H](CO)[C@@H](O)[C@H](O)[C@@H]4O[C@@H]4O[C@H](CO)[C@@H](O)[C@H](O)[C@H]4NC(C)=O)[C@@H]3O)[C@H](O)[C@H]2NC(C)=O)[C@@H](CO[C@@H]2O[C@@H](C)[C@@H](O)[C@@H](O)[C@@H]2O)O[C@H]1O. The highest BCUT2D eigenvalue weighted by molar-refractivity contribution is 5.74. The van der Waals surface area contributed by atoms with E-state index in [-0.39, 0.29) is 0 Å². The van der Waals surface area contributed by atoms with E-state index in [4.69, 9.17) is 80.5 Å². The van der Waals surface area contributed by atoms with Gasteiger partial charge in [-0.05, 0) is 6.92 Å². The van der Waals surface area contributed by atoms with Crippen molar-refractivity contribution in [2.45, 2.75) is 311 Å². The Hall–Kier alpha value is -3.76. The number of ether oxygens (including phenoxy) is 17. The fourth-order valence-corrected chi connectivity index (χ4v) is 14.2. The Morgan fingerprint density at radius 1 is 0.252 bits per heavy atom. The molecule has 111 heavy (non-hydrogen) atoms. The molecule has 4 amide bonds. The third-order valence-electron chi connectivity index (χ3n) is 20.3. The Balaban J connectivity index is 1.12. The molecule has 0 radical (unpaired) electrons. The maximum absolute atomic E-state index is 13.3. The number of carbonyl (C=O) groups is 4. The zero-order valence-electron chi connectivity index (χ0n) is 59.9. The zero-order chi connectivity index (χ0) is 81.8. The Kier molecular flexibility index (Phi) is 32.6. The summed E-state index contributed by atoms with van der Waals surface area (Å²) in [6, 6.07) is -7.57. The van der Waals surface area contributed by atoms with Crippen molar-refractivity contribution in [1.29, 1.82) is 0 Å². The van der Waals surface area contributed by atoms with E-state index in [0.717, 1.165) is 27.7 Å². The van der Waals surface area contributed by atoms with Crippen molar-refractivity contribution in [1.82, 2.24) is 21.3 Å². The maximum Gasteiger partial charge on any atom is 0.217 e. The van der Waals surface area contributed by atoms with Crippen LogP contribution in [0.4, 0.5) is 0 Å². The molecule has 9 rings (SSSR count). The van der Waals surface area contributed by atoms with Crippen molar-refractivity contribution in [2.24, 2.45) is 0 Å². The Morgan fingerprint density at radius 2 is 0.550 bits per heavy atom. The summed E-state index contributed by atoms with van der Waals surface area (Å²) >= 11 is 0. The molecular formula is C62H104N4O45. The van der Waals surface area contributed by atoms with Gasteiger partial charge in [0.25, 0.3) is 0 Å². The third kappa shape index (κ3) is 20.5. The molecule has 49 nitrogen and oxygen atoms in total. The van der Waals surface area contributed by atoms with Crippen molar-refractivity contribution in [3.63, 3.8) is 0 Å². The van der Waals surface area contributed by atoms with Crippen LogP contribution in [0.25, 0.3) is 0 Å². The van der Waals surface area contributed by atoms with Gasteiger partial charge in [-0.25, -0.2) is 0 Å². The van der Waals surface area contributed by atoms with Crippen LogP contribution < -0.4 is 21.3 Å². The minimum atomic E-state index is -2.67. The van der Waals surface area contributed by atoms with Gasteiger partial charge in [0.05, 0.1) is 59.0 Å². The predicted molar refractivity (Wildman–Crippen MR) is 342 cm³/mol. The number of aliphatic hydroxyl groups excluding tert-OH is 24. The normalized spacial score (nSPS) is 49.3. The summed E-state index contributed by atoms with van der Waals surface area (Å²) in [7, 11) is 0. The topological polar surface area (TPSA) is 759 Å². The quantitative estimate of drug-likeness (QED) is 0.0346.